The summed E-state index contributed by atoms with van der Waals surface area (Å²) in [6, 6.07) is 17.0. The van der Waals surface area contributed by atoms with Crippen LogP contribution in [0.15, 0.2) is 59.1 Å². The van der Waals surface area contributed by atoms with Crippen LogP contribution in [0.5, 0.6) is 0 Å². The quantitative estimate of drug-likeness (QED) is 0.402. The molecular weight excluding hydrogens is 408 g/mol. The molecule has 2 aromatic carbocycles. The van der Waals surface area contributed by atoms with Crippen LogP contribution in [0.2, 0.25) is 0 Å². The van der Waals surface area contributed by atoms with Crippen LogP contribution in [-0.2, 0) is 22.5 Å². The summed E-state index contributed by atoms with van der Waals surface area (Å²) in [5, 5.41) is 4.70. The summed E-state index contributed by atoms with van der Waals surface area (Å²) in [7, 11) is 1.32. The molecule has 0 N–H and O–H groups in total. The van der Waals surface area contributed by atoms with Crippen molar-refractivity contribution < 1.29 is 23.6 Å². The van der Waals surface area contributed by atoms with Gasteiger partial charge in [0.2, 0.25) is 0 Å². The Labute approximate surface area is 185 Å². The predicted octanol–water partition coefficient (Wildman–Crippen LogP) is 4.90. The van der Waals surface area contributed by atoms with Crippen molar-refractivity contribution >= 4 is 22.8 Å². The number of nitrogens with zero attached hydrogens (tertiary/aromatic N) is 2. The number of rotatable bonds is 6. The fraction of sp³-hybridized carbons (Fsp3) is 0.200. The zero-order valence-electron chi connectivity index (χ0n) is 18.0. The van der Waals surface area contributed by atoms with E-state index in [1.165, 1.54) is 7.11 Å². The van der Waals surface area contributed by atoms with Gasteiger partial charge in [0.25, 0.3) is 0 Å². The molecule has 0 unspecified atom stereocenters. The van der Waals surface area contributed by atoms with Crippen molar-refractivity contribution in [2.45, 2.75) is 26.9 Å². The lowest BCUT2D eigenvalue weighted by Gasteiger charge is -2.16. The molecule has 0 saturated heterocycles. The first-order chi connectivity index (χ1) is 15.5. The van der Waals surface area contributed by atoms with Crippen LogP contribution < -0.4 is 0 Å². The van der Waals surface area contributed by atoms with Gasteiger partial charge in [-0.3, -0.25) is 0 Å². The van der Waals surface area contributed by atoms with Gasteiger partial charge >= 0.3 is 11.9 Å². The fourth-order valence-corrected chi connectivity index (χ4v) is 3.72. The Hall–Kier alpha value is -4.00. The highest BCUT2D eigenvalue weighted by Gasteiger charge is 2.25. The van der Waals surface area contributed by atoms with E-state index in [0.717, 1.165) is 10.9 Å². The number of esters is 2. The molecule has 0 amide bonds. The first-order valence-corrected chi connectivity index (χ1v) is 10.2. The van der Waals surface area contributed by atoms with Gasteiger partial charge in [0.05, 0.1) is 29.6 Å². The lowest BCUT2D eigenvalue weighted by Crippen LogP contribution is -2.14. The predicted molar refractivity (Wildman–Crippen MR) is 118 cm³/mol. The fourth-order valence-electron chi connectivity index (χ4n) is 3.72. The van der Waals surface area contributed by atoms with E-state index < -0.39 is 11.9 Å². The summed E-state index contributed by atoms with van der Waals surface area (Å²) in [5.41, 5.74) is 3.61. The minimum Gasteiger partial charge on any atom is -0.465 e. The average molecular weight is 430 g/mol. The van der Waals surface area contributed by atoms with Gasteiger partial charge in [0, 0.05) is 10.9 Å². The van der Waals surface area contributed by atoms with Gasteiger partial charge in [0.1, 0.15) is 17.9 Å². The van der Waals surface area contributed by atoms with Crippen LogP contribution in [0, 0.1) is 6.92 Å². The second-order valence-corrected chi connectivity index (χ2v) is 7.17. The number of aryl methyl sites for hydroxylation is 2. The molecule has 0 bridgehead atoms. The number of pyridine rings is 1. The Balaban J connectivity index is 1.83. The molecular formula is C25H22N2O5. The van der Waals surface area contributed by atoms with Crippen LogP contribution in [0.4, 0.5) is 0 Å². The van der Waals surface area contributed by atoms with Crippen LogP contribution in [0.1, 0.15) is 44.8 Å². The highest BCUT2D eigenvalue weighted by molar-refractivity contribution is 6.08. The molecule has 7 nitrogen and oxygen atoms in total. The monoisotopic (exact) mass is 430 g/mol. The third-order valence-electron chi connectivity index (χ3n) is 5.23. The van der Waals surface area contributed by atoms with Crippen molar-refractivity contribution in [3.05, 3.63) is 82.9 Å². The Bertz CT molecular complexity index is 1290. The lowest BCUT2D eigenvalue weighted by molar-refractivity contribution is 0.0453. The van der Waals surface area contributed by atoms with Gasteiger partial charge < -0.3 is 14.0 Å². The summed E-state index contributed by atoms with van der Waals surface area (Å²) in [6.45, 7) is 3.33. The summed E-state index contributed by atoms with van der Waals surface area (Å²) in [4.78, 5) is 30.3. The Kier molecular flexibility index (Phi) is 5.98. The van der Waals surface area contributed by atoms with E-state index in [2.05, 4.69) is 10.1 Å². The van der Waals surface area contributed by atoms with E-state index in [9.17, 15) is 9.59 Å². The average Bonchev–Trinajstić information content (AvgIpc) is 3.22. The van der Waals surface area contributed by atoms with Crippen molar-refractivity contribution in [2.24, 2.45) is 0 Å². The number of carbonyl (C=O) groups excluding carboxylic acids is 2. The molecule has 0 atom stereocenters. The SMILES string of the molecule is CCc1noc(C)c1C(=O)OCc1nc2ccccc2c(-c2ccccc2)c1C(=O)OC. The molecule has 0 radical (unpaired) electrons. The minimum absolute atomic E-state index is 0.207. The molecule has 4 aromatic rings. The highest BCUT2D eigenvalue weighted by atomic mass is 16.5. The van der Waals surface area contributed by atoms with Crippen molar-refractivity contribution in [1.82, 2.24) is 10.1 Å². The number of fused-ring (bicyclic) bond motifs is 1. The zero-order chi connectivity index (χ0) is 22.7. The van der Waals surface area contributed by atoms with Gasteiger partial charge in [-0.25, -0.2) is 14.6 Å². The first-order valence-electron chi connectivity index (χ1n) is 10.2. The van der Waals surface area contributed by atoms with E-state index in [0.29, 0.717) is 40.2 Å². The first kappa shape index (κ1) is 21.2. The number of para-hydroxylation sites is 1. The molecule has 2 heterocycles. The van der Waals surface area contributed by atoms with E-state index in [-0.39, 0.29) is 12.2 Å². The Morgan fingerprint density at radius 1 is 0.938 bits per heavy atom. The Morgan fingerprint density at radius 3 is 2.38 bits per heavy atom. The van der Waals surface area contributed by atoms with Crippen LogP contribution in [0.3, 0.4) is 0 Å². The van der Waals surface area contributed by atoms with Crippen molar-refractivity contribution in [2.75, 3.05) is 7.11 Å². The summed E-state index contributed by atoms with van der Waals surface area (Å²) in [5.74, 6) is -0.743. The normalized spacial score (nSPS) is 10.8. The molecule has 0 aliphatic heterocycles. The number of hydrogen-bond donors (Lipinski definition) is 0. The van der Waals surface area contributed by atoms with Gasteiger partial charge in [-0.2, -0.15) is 0 Å². The second kappa shape index (κ2) is 9.01. The minimum atomic E-state index is -0.576. The molecule has 4 rings (SSSR count). The van der Waals surface area contributed by atoms with Crippen LogP contribution >= 0.6 is 0 Å². The number of benzene rings is 2. The topological polar surface area (TPSA) is 91.5 Å². The maximum atomic E-state index is 12.9. The van der Waals surface area contributed by atoms with E-state index >= 15 is 0 Å². The third-order valence-corrected chi connectivity index (χ3v) is 5.23. The van der Waals surface area contributed by atoms with E-state index in [1.54, 1.807) is 6.92 Å². The molecule has 7 heteroatoms. The van der Waals surface area contributed by atoms with Gasteiger partial charge in [-0.05, 0) is 25.0 Å². The Morgan fingerprint density at radius 2 is 1.66 bits per heavy atom. The lowest BCUT2D eigenvalue weighted by atomic mass is 9.94. The third kappa shape index (κ3) is 3.85. The molecule has 0 aliphatic carbocycles. The number of methoxy groups -OCH3 is 1. The van der Waals surface area contributed by atoms with Crippen LogP contribution in [-0.4, -0.2) is 29.2 Å². The number of aromatic nitrogens is 2. The standard InChI is InChI=1S/C25H22N2O5/c1-4-18-21(15(2)32-27-18)25(29)31-14-20-23(24(28)30-3)22(16-10-6-5-7-11-16)17-12-8-9-13-19(17)26-20/h5-13H,4,14H2,1-3H3. The maximum Gasteiger partial charge on any atom is 0.344 e. The smallest absolute Gasteiger partial charge is 0.344 e. The molecule has 2 aromatic heterocycles. The maximum absolute atomic E-state index is 12.9. The van der Waals surface area contributed by atoms with Gasteiger partial charge in [0.15, 0.2) is 0 Å². The van der Waals surface area contributed by atoms with E-state index in [1.807, 2.05) is 61.5 Å². The van der Waals surface area contributed by atoms with Crippen LogP contribution in [0.25, 0.3) is 22.0 Å². The van der Waals surface area contributed by atoms with Gasteiger partial charge in [-0.1, -0.05) is 60.6 Å². The highest BCUT2D eigenvalue weighted by Crippen LogP contribution is 2.34. The molecule has 0 saturated carbocycles. The van der Waals surface area contributed by atoms with Crippen molar-refractivity contribution in [1.29, 1.82) is 0 Å². The van der Waals surface area contributed by atoms with E-state index in [4.69, 9.17) is 14.0 Å². The molecule has 162 valence electrons. The number of ether oxygens (including phenoxy) is 2. The number of carbonyl (C=O) groups is 2. The summed E-state index contributed by atoms with van der Waals surface area (Å²) >= 11 is 0. The molecule has 0 aliphatic rings. The van der Waals surface area contributed by atoms with Crippen molar-refractivity contribution in [3.8, 4) is 11.1 Å². The molecule has 32 heavy (non-hydrogen) atoms. The summed E-state index contributed by atoms with van der Waals surface area (Å²) in [6.07, 6.45) is 0.529. The second-order valence-electron chi connectivity index (χ2n) is 7.17. The summed E-state index contributed by atoms with van der Waals surface area (Å²) < 4.78 is 15.8. The molecule has 0 fully saturated rings. The zero-order valence-corrected chi connectivity index (χ0v) is 18.0. The largest absolute Gasteiger partial charge is 0.465 e. The van der Waals surface area contributed by atoms with Gasteiger partial charge in [-0.15, -0.1) is 0 Å². The van der Waals surface area contributed by atoms with Crippen molar-refractivity contribution in [3.63, 3.8) is 0 Å². The number of hydrogen-bond acceptors (Lipinski definition) is 7. The molecule has 0 spiro atoms.